The number of hydrogen-bond acceptors (Lipinski definition) is 2. The molecule has 0 aliphatic carbocycles. The predicted molar refractivity (Wildman–Crippen MR) is 39.8 cm³/mol. The summed E-state index contributed by atoms with van der Waals surface area (Å²) in [7, 11) is 0. The van der Waals surface area contributed by atoms with Crippen LogP contribution in [-0.2, 0) is 6.54 Å². The highest BCUT2D eigenvalue weighted by atomic mass is 79.9. The van der Waals surface area contributed by atoms with Crippen molar-refractivity contribution in [2.45, 2.75) is 6.54 Å². The molecule has 2 N–H and O–H groups in total. The van der Waals surface area contributed by atoms with Crippen molar-refractivity contribution in [3.63, 3.8) is 0 Å². The van der Waals surface area contributed by atoms with Gasteiger partial charge in [0, 0.05) is 23.4 Å². The number of pyridine rings is 1. The van der Waals surface area contributed by atoms with Crippen LogP contribution >= 0.6 is 15.9 Å². The minimum Gasteiger partial charge on any atom is -0.326 e. The molecule has 0 aromatic carbocycles. The Hall–Kier alpha value is -0.410. The summed E-state index contributed by atoms with van der Waals surface area (Å²) in [6, 6.07) is 1.88. The second kappa shape index (κ2) is 2.94. The van der Waals surface area contributed by atoms with E-state index in [0.29, 0.717) is 6.54 Å². The molecule has 1 heterocycles. The SMILES string of the molecule is NCc1cnccc1Br. The fourth-order valence-electron chi connectivity index (χ4n) is 0.560. The molecule has 0 radical (unpaired) electrons. The fraction of sp³-hybridized carbons (Fsp3) is 0.167. The molecule has 3 heteroatoms. The molecule has 0 saturated heterocycles. The van der Waals surface area contributed by atoms with Crippen molar-refractivity contribution in [3.05, 3.63) is 28.5 Å². The van der Waals surface area contributed by atoms with Gasteiger partial charge in [0.2, 0.25) is 0 Å². The summed E-state index contributed by atoms with van der Waals surface area (Å²) in [6.45, 7) is 0.536. The van der Waals surface area contributed by atoms with Crippen LogP contribution in [0.1, 0.15) is 5.56 Å². The lowest BCUT2D eigenvalue weighted by Crippen LogP contribution is -1.97. The van der Waals surface area contributed by atoms with Crippen LogP contribution in [0, 0.1) is 0 Å². The van der Waals surface area contributed by atoms with Crippen molar-refractivity contribution in [1.82, 2.24) is 4.98 Å². The first-order chi connectivity index (χ1) is 4.34. The molecule has 1 aromatic heterocycles. The molecule has 1 aromatic rings. The Labute approximate surface area is 62.2 Å². The summed E-state index contributed by atoms with van der Waals surface area (Å²) >= 11 is 3.34. The summed E-state index contributed by atoms with van der Waals surface area (Å²) in [5, 5.41) is 0. The van der Waals surface area contributed by atoms with Gasteiger partial charge in [-0.2, -0.15) is 0 Å². The molecule has 9 heavy (non-hydrogen) atoms. The van der Waals surface area contributed by atoms with E-state index in [-0.39, 0.29) is 0 Å². The van der Waals surface area contributed by atoms with Crippen molar-refractivity contribution in [1.29, 1.82) is 0 Å². The van der Waals surface area contributed by atoms with Crippen LogP contribution in [-0.4, -0.2) is 4.98 Å². The average molecular weight is 187 g/mol. The van der Waals surface area contributed by atoms with E-state index in [4.69, 9.17) is 5.73 Å². The molecular formula is C6H7BrN2. The van der Waals surface area contributed by atoms with Crippen LogP contribution in [0.4, 0.5) is 0 Å². The van der Waals surface area contributed by atoms with Crippen molar-refractivity contribution in [2.75, 3.05) is 0 Å². The lowest BCUT2D eigenvalue weighted by atomic mass is 10.3. The van der Waals surface area contributed by atoms with E-state index in [2.05, 4.69) is 20.9 Å². The maximum Gasteiger partial charge on any atom is 0.0324 e. The van der Waals surface area contributed by atoms with Gasteiger partial charge in [0.05, 0.1) is 0 Å². The molecular weight excluding hydrogens is 180 g/mol. The first-order valence-electron chi connectivity index (χ1n) is 2.63. The molecule has 1 rings (SSSR count). The van der Waals surface area contributed by atoms with Crippen molar-refractivity contribution >= 4 is 15.9 Å². The van der Waals surface area contributed by atoms with E-state index in [0.717, 1.165) is 10.0 Å². The lowest BCUT2D eigenvalue weighted by Gasteiger charge is -1.95. The van der Waals surface area contributed by atoms with E-state index in [9.17, 15) is 0 Å². The molecule has 0 aliphatic heterocycles. The predicted octanol–water partition coefficient (Wildman–Crippen LogP) is 1.30. The summed E-state index contributed by atoms with van der Waals surface area (Å²) in [4.78, 5) is 3.91. The quantitative estimate of drug-likeness (QED) is 0.719. The monoisotopic (exact) mass is 186 g/mol. The lowest BCUT2D eigenvalue weighted by molar-refractivity contribution is 1.04. The van der Waals surface area contributed by atoms with Gasteiger partial charge in [0.25, 0.3) is 0 Å². The van der Waals surface area contributed by atoms with Crippen LogP contribution in [0.3, 0.4) is 0 Å². The van der Waals surface area contributed by atoms with E-state index in [1.165, 1.54) is 0 Å². The molecule has 0 fully saturated rings. The maximum absolute atomic E-state index is 5.38. The zero-order valence-corrected chi connectivity index (χ0v) is 6.43. The normalized spacial score (nSPS) is 9.56. The first-order valence-corrected chi connectivity index (χ1v) is 3.42. The van der Waals surface area contributed by atoms with Gasteiger partial charge in [-0.05, 0) is 11.6 Å². The zero-order chi connectivity index (χ0) is 6.69. The third kappa shape index (κ3) is 1.50. The summed E-state index contributed by atoms with van der Waals surface area (Å²) in [5.41, 5.74) is 6.42. The summed E-state index contributed by atoms with van der Waals surface area (Å²) in [5.74, 6) is 0. The second-order valence-electron chi connectivity index (χ2n) is 1.67. The smallest absolute Gasteiger partial charge is 0.0324 e. The van der Waals surface area contributed by atoms with Crippen molar-refractivity contribution < 1.29 is 0 Å². The molecule has 0 aliphatic rings. The van der Waals surface area contributed by atoms with Gasteiger partial charge in [-0.25, -0.2) is 0 Å². The van der Waals surface area contributed by atoms with Gasteiger partial charge in [-0.1, -0.05) is 15.9 Å². The number of aromatic nitrogens is 1. The third-order valence-corrected chi connectivity index (χ3v) is 1.84. The Morgan fingerprint density at radius 1 is 1.67 bits per heavy atom. The number of nitrogens with two attached hydrogens (primary N) is 1. The van der Waals surface area contributed by atoms with Crippen LogP contribution in [0.2, 0.25) is 0 Å². The largest absolute Gasteiger partial charge is 0.326 e. The van der Waals surface area contributed by atoms with Gasteiger partial charge in [-0.15, -0.1) is 0 Å². The zero-order valence-electron chi connectivity index (χ0n) is 4.84. The molecule has 0 amide bonds. The minimum absolute atomic E-state index is 0.536. The Morgan fingerprint density at radius 2 is 2.44 bits per heavy atom. The molecule has 0 bridgehead atoms. The Balaban J connectivity index is 3.01. The molecule has 0 saturated carbocycles. The second-order valence-corrected chi connectivity index (χ2v) is 2.53. The average Bonchev–Trinajstić information content (AvgIpc) is 1.89. The molecule has 0 unspecified atom stereocenters. The van der Waals surface area contributed by atoms with Gasteiger partial charge >= 0.3 is 0 Å². The van der Waals surface area contributed by atoms with Crippen LogP contribution in [0.15, 0.2) is 22.9 Å². The van der Waals surface area contributed by atoms with Crippen LogP contribution in [0.25, 0.3) is 0 Å². The number of rotatable bonds is 1. The Bertz CT molecular complexity index is 200. The standard InChI is InChI=1S/C6H7BrN2/c7-6-1-2-9-4-5(6)3-8/h1-2,4H,3,8H2. The third-order valence-electron chi connectivity index (χ3n) is 1.06. The molecule has 0 spiro atoms. The van der Waals surface area contributed by atoms with Gasteiger partial charge < -0.3 is 5.73 Å². The van der Waals surface area contributed by atoms with Gasteiger partial charge in [0.1, 0.15) is 0 Å². The van der Waals surface area contributed by atoms with Gasteiger partial charge in [-0.3, -0.25) is 4.98 Å². The van der Waals surface area contributed by atoms with E-state index < -0.39 is 0 Å². The van der Waals surface area contributed by atoms with E-state index in [1.54, 1.807) is 12.4 Å². The Morgan fingerprint density at radius 3 is 2.89 bits per heavy atom. The molecule has 48 valence electrons. The van der Waals surface area contributed by atoms with Crippen molar-refractivity contribution in [3.8, 4) is 0 Å². The highest BCUT2D eigenvalue weighted by molar-refractivity contribution is 9.10. The summed E-state index contributed by atoms with van der Waals surface area (Å²) < 4.78 is 1.03. The van der Waals surface area contributed by atoms with E-state index in [1.807, 2.05) is 6.07 Å². The number of nitrogens with zero attached hydrogens (tertiary/aromatic N) is 1. The number of hydrogen-bond donors (Lipinski definition) is 1. The minimum atomic E-state index is 0.536. The molecule has 2 nitrogen and oxygen atoms in total. The topological polar surface area (TPSA) is 38.9 Å². The van der Waals surface area contributed by atoms with Crippen LogP contribution < -0.4 is 5.73 Å². The molecule has 0 atom stereocenters. The van der Waals surface area contributed by atoms with E-state index >= 15 is 0 Å². The van der Waals surface area contributed by atoms with Crippen LogP contribution in [0.5, 0.6) is 0 Å². The maximum atomic E-state index is 5.38. The van der Waals surface area contributed by atoms with Crippen molar-refractivity contribution in [2.24, 2.45) is 5.73 Å². The highest BCUT2D eigenvalue weighted by Crippen LogP contribution is 2.12. The highest BCUT2D eigenvalue weighted by Gasteiger charge is 1.92. The summed E-state index contributed by atoms with van der Waals surface area (Å²) in [6.07, 6.45) is 3.48. The first kappa shape index (κ1) is 6.71. The van der Waals surface area contributed by atoms with Gasteiger partial charge in [0.15, 0.2) is 0 Å². The fourth-order valence-corrected chi connectivity index (χ4v) is 0.943. The number of halogens is 1. The Kier molecular flexibility index (Phi) is 2.19.